The Hall–Kier alpha value is -3.76. The number of aryl methyl sites for hydroxylation is 1. The Labute approximate surface area is 200 Å². The molecule has 11 heteroatoms. The first-order valence-electron chi connectivity index (χ1n) is 9.77. The second kappa shape index (κ2) is 8.30. The van der Waals surface area contributed by atoms with Gasteiger partial charge in [0.15, 0.2) is 5.65 Å². The van der Waals surface area contributed by atoms with Crippen LogP contribution in [0, 0.1) is 6.92 Å². The zero-order valence-corrected chi connectivity index (χ0v) is 19.4. The second-order valence-electron chi connectivity index (χ2n) is 7.21. The maximum Gasteiger partial charge on any atom is 0.263 e. The Morgan fingerprint density at radius 1 is 1.12 bits per heavy atom. The Kier molecular flexibility index (Phi) is 5.31. The molecule has 0 aliphatic heterocycles. The van der Waals surface area contributed by atoms with Crippen LogP contribution in [0.4, 0.5) is 5.82 Å². The minimum atomic E-state index is -0.388. The van der Waals surface area contributed by atoms with Gasteiger partial charge in [-0.2, -0.15) is 19.9 Å². The smallest absolute Gasteiger partial charge is 0.263 e. The molecule has 5 rings (SSSR count). The van der Waals surface area contributed by atoms with Gasteiger partial charge in [0.25, 0.3) is 11.5 Å². The highest BCUT2D eigenvalue weighted by molar-refractivity contribution is 9.10. The fourth-order valence-corrected chi connectivity index (χ4v) is 3.96. The van der Waals surface area contributed by atoms with E-state index in [1.165, 1.54) is 15.6 Å². The number of fused-ring (bicyclic) bond motifs is 1. The summed E-state index contributed by atoms with van der Waals surface area (Å²) in [5.41, 5.74) is 1.69. The molecule has 2 aromatic carbocycles. The van der Waals surface area contributed by atoms with Crippen LogP contribution in [0.3, 0.4) is 0 Å². The molecule has 0 spiro atoms. The highest BCUT2D eigenvalue weighted by atomic mass is 79.9. The third kappa shape index (κ3) is 4.06. The maximum absolute atomic E-state index is 12.8. The van der Waals surface area contributed by atoms with E-state index in [2.05, 4.69) is 41.4 Å². The number of rotatable bonds is 4. The summed E-state index contributed by atoms with van der Waals surface area (Å²) in [6.07, 6.45) is 1.44. The van der Waals surface area contributed by atoms with E-state index in [9.17, 15) is 9.59 Å². The molecule has 0 radical (unpaired) electrons. The number of carbonyl (C=O) groups is 1. The summed E-state index contributed by atoms with van der Waals surface area (Å²) in [6.45, 7) is 1.78. The molecule has 0 unspecified atom stereocenters. The molecule has 5 aromatic rings. The van der Waals surface area contributed by atoms with Crippen molar-refractivity contribution < 1.29 is 4.79 Å². The van der Waals surface area contributed by atoms with Crippen molar-refractivity contribution in [1.29, 1.82) is 0 Å². The van der Waals surface area contributed by atoms with Crippen LogP contribution in [0.15, 0.2) is 70.1 Å². The quantitative estimate of drug-likeness (QED) is 0.365. The first-order chi connectivity index (χ1) is 15.9. The lowest BCUT2D eigenvalue weighted by Gasteiger charge is -2.09. The first kappa shape index (κ1) is 21.1. The fraction of sp³-hybridized carbons (Fsp3) is 0.0455. The van der Waals surface area contributed by atoms with Crippen molar-refractivity contribution in [3.05, 3.63) is 91.9 Å². The van der Waals surface area contributed by atoms with E-state index >= 15 is 0 Å². The molecule has 0 atom stereocenters. The van der Waals surface area contributed by atoms with E-state index in [0.717, 1.165) is 4.47 Å². The average molecular weight is 525 g/mol. The summed E-state index contributed by atoms with van der Waals surface area (Å²) in [4.78, 5) is 32.8. The van der Waals surface area contributed by atoms with Gasteiger partial charge in [-0.25, -0.2) is 4.68 Å². The second-order valence-corrected chi connectivity index (χ2v) is 8.56. The number of anilines is 1. The van der Waals surface area contributed by atoms with Gasteiger partial charge in [0, 0.05) is 21.1 Å². The summed E-state index contributed by atoms with van der Waals surface area (Å²) in [7, 11) is 0. The third-order valence-corrected chi connectivity index (χ3v) is 5.57. The molecule has 33 heavy (non-hydrogen) atoms. The Balaban J connectivity index is 1.59. The van der Waals surface area contributed by atoms with Crippen molar-refractivity contribution in [1.82, 2.24) is 29.5 Å². The van der Waals surface area contributed by atoms with Crippen molar-refractivity contribution >= 4 is 50.3 Å². The van der Waals surface area contributed by atoms with Crippen LogP contribution < -0.4 is 10.9 Å². The predicted octanol–water partition coefficient (Wildman–Crippen LogP) is 4.27. The van der Waals surface area contributed by atoms with Crippen LogP contribution in [-0.4, -0.2) is 35.4 Å². The van der Waals surface area contributed by atoms with Crippen LogP contribution in [0.5, 0.6) is 0 Å². The lowest BCUT2D eigenvalue weighted by Crippen LogP contribution is -2.19. The molecule has 1 amide bonds. The molecule has 0 bridgehead atoms. The third-order valence-electron chi connectivity index (χ3n) is 4.84. The lowest BCUT2D eigenvalue weighted by atomic mass is 10.2. The van der Waals surface area contributed by atoms with Gasteiger partial charge in [-0.1, -0.05) is 39.7 Å². The molecule has 0 aliphatic carbocycles. The van der Waals surface area contributed by atoms with Gasteiger partial charge in [-0.05, 0) is 43.3 Å². The number of hydrogen-bond donors (Lipinski definition) is 2. The normalized spacial score (nSPS) is 11.1. The van der Waals surface area contributed by atoms with E-state index < -0.39 is 0 Å². The monoisotopic (exact) mass is 523 g/mol. The molecule has 0 saturated heterocycles. The van der Waals surface area contributed by atoms with Crippen LogP contribution in [0.2, 0.25) is 5.02 Å². The number of benzene rings is 2. The molecular formula is C22H15BrClN7O2. The number of amides is 1. The number of nitrogens with zero attached hydrogens (tertiary/aromatic N) is 5. The SMILES string of the molecule is Cc1cc(NC(=O)c2cccc(Br)c2)n(-c2nc3c(cnn3-c3cccc(Cl)c3)c(=O)[nH]2)n1. The van der Waals surface area contributed by atoms with Gasteiger partial charge < -0.3 is 5.32 Å². The molecule has 0 aliphatic rings. The summed E-state index contributed by atoms with van der Waals surface area (Å²) >= 11 is 9.48. The molecule has 164 valence electrons. The molecule has 9 nitrogen and oxygen atoms in total. The van der Waals surface area contributed by atoms with E-state index in [1.807, 2.05) is 12.1 Å². The zero-order chi connectivity index (χ0) is 23.1. The van der Waals surface area contributed by atoms with Crippen molar-refractivity contribution in [3.63, 3.8) is 0 Å². The van der Waals surface area contributed by atoms with Gasteiger partial charge in [-0.3, -0.25) is 14.6 Å². The van der Waals surface area contributed by atoms with E-state index in [0.29, 0.717) is 38.8 Å². The highest BCUT2D eigenvalue weighted by Gasteiger charge is 2.17. The van der Waals surface area contributed by atoms with Gasteiger partial charge in [-0.15, -0.1) is 0 Å². The standard InChI is InChI=1S/C22H15BrClN7O2/c1-12-8-18(26-20(32)13-4-2-5-14(23)9-13)31(29-12)22-27-19-17(21(33)28-22)11-25-30(19)16-7-3-6-15(24)10-16/h2-11H,1H3,(H,26,32)(H,27,28,33). The highest BCUT2D eigenvalue weighted by Crippen LogP contribution is 2.20. The van der Waals surface area contributed by atoms with E-state index in [4.69, 9.17) is 11.6 Å². The Morgan fingerprint density at radius 3 is 2.73 bits per heavy atom. The molecule has 0 fully saturated rings. The number of halogens is 2. The fourth-order valence-electron chi connectivity index (χ4n) is 3.37. The van der Waals surface area contributed by atoms with Gasteiger partial charge in [0.1, 0.15) is 11.2 Å². The van der Waals surface area contributed by atoms with Gasteiger partial charge in [0.2, 0.25) is 5.95 Å². The molecule has 2 N–H and O–H groups in total. The van der Waals surface area contributed by atoms with Gasteiger partial charge >= 0.3 is 0 Å². The van der Waals surface area contributed by atoms with Crippen LogP contribution in [-0.2, 0) is 0 Å². The maximum atomic E-state index is 12.8. The Bertz CT molecular complexity index is 1590. The first-order valence-corrected chi connectivity index (χ1v) is 10.9. The van der Waals surface area contributed by atoms with Crippen molar-refractivity contribution in [2.24, 2.45) is 0 Å². The number of nitrogens with one attached hydrogen (secondary N) is 2. The lowest BCUT2D eigenvalue weighted by molar-refractivity contribution is 0.102. The largest absolute Gasteiger partial charge is 0.306 e. The molecule has 3 heterocycles. The van der Waals surface area contributed by atoms with Crippen LogP contribution >= 0.6 is 27.5 Å². The average Bonchev–Trinajstić information content (AvgIpc) is 3.37. The summed E-state index contributed by atoms with van der Waals surface area (Å²) < 4.78 is 3.68. The Morgan fingerprint density at radius 2 is 1.94 bits per heavy atom. The summed E-state index contributed by atoms with van der Waals surface area (Å²) in [5, 5.41) is 12.4. The molecule has 3 aromatic heterocycles. The number of aromatic nitrogens is 6. The molecule has 0 saturated carbocycles. The minimum absolute atomic E-state index is 0.133. The summed E-state index contributed by atoms with van der Waals surface area (Å²) in [6, 6.07) is 15.8. The number of hydrogen-bond acceptors (Lipinski definition) is 5. The van der Waals surface area contributed by atoms with E-state index in [1.54, 1.807) is 49.4 Å². The zero-order valence-electron chi connectivity index (χ0n) is 17.1. The molecular weight excluding hydrogens is 510 g/mol. The number of H-pyrrole nitrogens is 1. The predicted molar refractivity (Wildman–Crippen MR) is 128 cm³/mol. The van der Waals surface area contributed by atoms with Crippen molar-refractivity contribution in [2.75, 3.05) is 5.32 Å². The van der Waals surface area contributed by atoms with Crippen molar-refractivity contribution in [2.45, 2.75) is 6.92 Å². The van der Waals surface area contributed by atoms with Gasteiger partial charge in [0.05, 0.1) is 17.6 Å². The number of carbonyl (C=O) groups excluding carboxylic acids is 1. The summed E-state index contributed by atoms with van der Waals surface area (Å²) in [5.74, 6) is 0.160. The van der Waals surface area contributed by atoms with E-state index in [-0.39, 0.29) is 17.4 Å². The number of aromatic amines is 1. The van der Waals surface area contributed by atoms with Crippen molar-refractivity contribution in [3.8, 4) is 11.6 Å². The minimum Gasteiger partial charge on any atom is -0.306 e. The van der Waals surface area contributed by atoms with Crippen LogP contribution in [0.1, 0.15) is 16.1 Å². The van der Waals surface area contributed by atoms with Crippen LogP contribution in [0.25, 0.3) is 22.7 Å². The topological polar surface area (TPSA) is 110 Å².